The van der Waals surface area contributed by atoms with E-state index in [2.05, 4.69) is 15.0 Å². The van der Waals surface area contributed by atoms with Gasteiger partial charge in [0.2, 0.25) is 0 Å². The second-order valence-electron chi connectivity index (χ2n) is 10.3. The van der Waals surface area contributed by atoms with Gasteiger partial charge in [0.15, 0.2) is 11.6 Å². The van der Waals surface area contributed by atoms with Crippen LogP contribution in [0.4, 0.5) is 8.78 Å². The minimum Gasteiger partial charge on any atom is -0.463 e. The van der Waals surface area contributed by atoms with Crippen molar-refractivity contribution in [1.29, 1.82) is 0 Å². The normalized spacial score (nSPS) is 18.5. The van der Waals surface area contributed by atoms with Gasteiger partial charge in [0.05, 0.1) is 36.8 Å². The van der Waals surface area contributed by atoms with Gasteiger partial charge in [-0.25, -0.2) is 18.6 Å². The van der Waals surface area contributed by atoms with Crippen molar-refractivity contribution in [1.82, 2.24) is 15.0 Å². The van der Waals surface area contributed by atoms with E-state index in [1.54, 1.807) is 32.3 Å². The lowest BCUT2D eigenvalue weighted by molar-refractivity contribution is -0.137. The number of hydrogen-bond acceptors (Lipinski definition) is 6. The maximum atomic E-state index is 15.1. The molecular weight excluding hydrogens is 556 g/mol. The lowest BCUT2D eigenvalue weighted by atomic mass is 9.86. The van der Waals surface area contributed by atoms with Crippen LogP contribution in [0.1, 0.15) is 35.7 Å². The van der Waals surface area contributed by atoms with Gasteiger partial charge in [-0.05, 0) is 61.4 Å². The summed E-state index contributed by atoms with van der Waals surface area (Å²) in [6, 6.07) is 14.7. The maximum Gasteiger partial charge on any atom is 0.330 e. The Morgan fingerprint density at radius 2 is 2.05 bits per heavy atom. The number of aliphatic hydroxyl groups is 1. The van der Waals surface area contributed by atoms with Crippen molar-refractivity contribution in [2.45, 2.75) is 32.0 Å². The number of esters is 1. The van der Waals surface area contributed by atoms with Crippen molar-refractivity contribution in [3.05, 3.63) is 107 Å². The van der Waals surface area contributed by atoms with Crippen LogP contribution in [0, 0.1) is 18.6 Å². The zero-order valence-corrected chi connectivity index (χ0v) is 23.5. The van der Waals surface area contributed by atoms with Gasteiger partial charge in [0, 0.05) is 41.2 Å². The quantitative estimate of drug-likeness (QED) is 0.141. The third-order valence-electron chi connectivity index (χ3n) is 7.53. The lowest BCUT2D eigenvalue weighted by Crippen LogP contribution is -2.27. The van der Waals surface area contributed by atoms with E-state index in [-0.39, 0.29) is 42.5 Å². The van der Waals surface area contributed by atoms with E-state index in [4.69, 9.17) is 14.2 Å². The molecule has 1 fully saturated rings. The van der Waals surface area contributed by atoms with Crippen LogP contribution in [-0.2, 0) is 19.9 Å². The zero-order valence-electron chi connectivity index (χ0n) is 23.5. The molecule has 2 aromatic heterocycles. The number of aromatic amines is 2. The molecule has 0 unspecified atom stereocenters. The topological polar surface area (TPSA) is 109 Å². The summed E-state index contributed by atoms with van der Waals surface area (Å²) in [6.07, 6.45) is 5.74. The predicted molar refractivity (Wildman–Crippen MR) is 157 cm³/mol. The Bertz CT molecular complexity index is 1850. The van der Waals surface area contributed by atoms with Crippen molar-refractivity contribution in [3.8, 4) is 22.9 Å². The molecule has 1 aliphatic rings. The molecule has 5 aromatic rings. The summed E-state index contributed by atoms with van der Waals surface area (Å²) in [5.41, 5.74) is 2.23. The average Bonchev–Trinajstić information content (AvgIpc) is 3.76. The van der Waals surface area contributed by atoms with Crippen molar-refractivity contribution in [3.63, 3.8) is 0 Å². The number of H-pyrrole nitrogens is 2. The predicted octanol–water partition coefficient (Wildman–Crippen LogP) is 6.54. The number of nitrogens with zero attached hydrogens (tertiary/aromatic N) is 1. The van der Waals surface area contributed by atoms with Crippen molar-refractivity contribution in [2.24, 2.45) is 0 Å². The number of hydrogen-bond donors (Lipinski definition) is 3. The average molecular weight is 586 g/mol. The number of aromatic nitrogens is 3. The fraction of sp³-hybridized carbons (Fsp3) is 0.212. The van der Waals surface area contributed by atoms with E-state index in [1.165, 1.54) is 30.3 Å². The largest absolute Gasteiger partial charge is 0.463 e. The molecule has 0 aliphatic carbocycles. The highest BCUT2D eigenvalue weighted by molar-refractivity contribution is 5.87. The molecule has 43 heavy (non-hydrogen) atoms. The van der Waals surface area contributed by atoms with Gasteiger partial charge in [0.25, 0.3) is 0 Å². The molecule has 0 bridgehead atoms. The summed E-state index contributed by atoms with van der Waals surface area (Å²) < 4.78 is 47.1. The van der Waals surface area contributed by atoms with E-state index >= 15 is 4.39 Å². The third-order valence-corrected chi connectivity index (χ3v) is 7.53. The zero-order chi connectivity index (χ0) is 30.1. The number of carbonyl (C=O) groups is 1. The molecule has 3 aromatic carbocycles. The summed E-state index contributed by atoms with van der Waals surface area (Å²) in [7, 11) is 0. The Kier molecular flexibility index (Phi) is 7.55. The van der Waals surface area contributed by atoms with Crippen LogP contribution < -0.4 is 4.74 Å². The van der Waals surface area contributed by atoms with E-state index < -0.39 is 29.3 Å². The van der Waals surface area contributed by atoms with Crippen LogP contribution in [0.5, 0.6) is 11.5 Å². The summed E-state index contributed by atoms with van der Waals surface area (Å²) in [4.78, 5) is 22.4. The minimum absolute atomic E-state index is 0.0500. The number of aryl methyl sites for hydroxylation is 1. The van der Waals surface area contributed by atoms with Crippen molar-refractivity contribution in [2.75, 3.05) is 13.2 Å². The first kappa shape index (κ1) is 28.3. The Morgan fingerprint density at radius 1 is 1.19 bits per heavy atom. The number of benzene rings is 3. The molecule has 10 heteroatoms. The Hall–Kier alpha value is -4.80. The number of ether oxygens (including phenoxy) is 3. The van der Waals surface area contributed by atoms with Gasteiger partial charge in [-0.3, -0.25) is 0 Å². The molecule has 0 spiro atoms. The van der Waals surface area contributed by atoms with Crippen LogP contribution in [-0.4, -0.2) is 45.3 Å². The highest BCUT2D eigenvalue weighted by Gasteiger charge is 2.44. The SMILES string of the molecule is CCOC(=O)/C=C/c1cccc([C@@]2(c3cnc(-c4cc(Oc5c(F)cc6[nH]ccc6c5C)ccc4F)[nH]3)C[C@@H](O)CO2)c1. The van der Waals surface area contributed by atoms with Crippen LogP contribution in [0.3, 0.4) is 0 Å². The number of nitrogens with one attached hydrogen (secondary N) is 2. The van der Waals surface area contributed by atoms with E-state index in [0.29, 0.717) is 22.3 Å². The first-order chi connectivity index (χ1) is 20.8. The standard InChI is InChI=1S/C33H29F2N3O5/c1-3-41-30(40)10-7-20-5-4-6-21(13-20)33(16-22(39)18-42-33)29-17-37-32(38-29)25-14-23(8-9-26(25)34)43-31-19(2)24-11-12-36-28(24)15-27(31)35/h4-15,17,22,36,39H,3,16,18H2,1-2H3,(H,37,38)/b10-7+/t22-,33-/m1/s1. The number of imidazole rings is 1. The van der Waals surface area contributed by atoms with Crippen molar-refractivity contribution >= 4 is 22.9 Å². The van der Waals surface area contributed by atoms with Gasteiger partial charge in [-0.1, -0.05) is 18.2 Å². The van der Waals surface area contributed by atoms with Crippen LogP contribution >= 0.6 is 0 Å². The van der Waals surface area contributed by atoms with Gasteiger partial charge in [-0.2, -0.15) is 0 Å². The molecule has 8 nitrogen and oxygen atoms in total. The van der Waals surface area contributed by atoms with E-state index in [9.17, 15) is 14.3 Å². The molecule has 3 N–H and O–H groups in total. The minimum atomic E-state index is -1.10. The Morgan fingerprint density at radius 3 is 2.84 bits per heavy atom. The number of fused-ring (bicyclic) bond motifs is 1. The number of halogens is 2. The van der Waals surface area contributed by atoms with Gasteiger partial charge >= 0.3 is 5.97 Å². The molecule has 3 heterocycles. The molecular formula is C33H29F2N3O5. The first-order valence-corrected chi connectivity index (χ1v) is 13.8. The lowest BCUT2D eigenvalue weighted by Gasteiger charge is -2.28. The molecule has 0 saturated carbocycles. The van der Waals surface area contributed by atoms with Crippen molar-refractivity contribution < 1.29 is 32.9 Å². The van der Waals surface area contributed by atoms with Gasteiger partial charge in [-0.15, -0.1) is 0 Å². The molecule has 1 aliphatic heterocycles. The molecule has 6 rings (SSSR count). The Balaban J connectivity index is 1.33. The molecule has 220 valence electrons. The van der Waals surface area contributed by atoms with E-state index in [0.717, 1.165) is 10.9 Å². The molecule has 1 saturated heterocycles. The van der Waals surface area contributed by atoms with E-state index in [1.807, 2.05) is 30.3 Å². The number of rotatable bonds is 8. The maximum absolute atomic E-state index is 15.1. The summed E-state index contributed by atoms with van der Waals surface area (Å²) >= 11 is 0. The molecule has 2 atom stereocenters. The smallest absolute Gasteiger partial charge is 0.330 e. The second kappa shape index (κ2) is 11.5. The fourth-order valence-corrected chi connectivity index (χ4v) is 5.46. The summed E-state index contributed by atoms with van der Waals surface area (Å²) in [6.45, 7) is 3.85. The number of carbonyl (C=O) groups excluding carboxylic acids is 1. The van der Waals surface area contributed by atoms with Crippen LogP contribution in [0.15, 0.2) is 73.1 Å². The van der Waals surface area contributed by atoms with Crippen LogP contribution in [0.25, 0.3) is 28.4 Å². The first-order valence-electron chi connectivity index (χ1n) is 13.8. The second-order valence-corrected chi connectivity index (χ2v) is 10.3. The third kappa shape index (κ3) is 5.42. The summed E-state index contributed by atoms with van der Waals surface area (Å²) in [5.74, 6) is -1.07. The Labute approximate surface area is 246 Å². The van der Waals surface area contributed by atoms with Crippen LogP contribution in [0.2, 0.25) is 0 Å². The monoisotopic (exact) mass is 585 g/mol. The molecule has 0 amide bonds. The molecule has 0 radical (unpaired) electrons. The highest BCUT2D eigenvalue weighted by Crippen LogP contribution is 2.43. The summed E-state index contributed by atoms with van der Waals surface area (Å²) in [5, 5.41) is 11.3. The van der Waals surface area contributed by atoms with Gasteiger partial charge < -0.3 is 29.3 Å². The highest BCUT2D eigenvalue weighted by atomic mass is 19.1. The number of aliphatic hydroxyl groups excluding tert-OH is 1. The fourth-order valence-electron chi connectivity index (χ4n) is 5.46. The van der Waals surface area contributed by atoms with Gasteiger partial charge in [0.1, 0.15) is 23.0 Å².